The molecule has 1 saturated heterocycles. The number of nitrogens with zero attached hydrogens (tertiary/aromatic N) is 1. The zero-order valence-electron chi connectivity index (χ0n) is 22.3. The van der Waals surface area contributed by atoms with Gasteiger partial charge >= 0.3 is 5.97 Å². The first kappa shape index (κ1) is 33.9. The van der Waals surface area contributed by atoms with E-state index < -0.39 is 42.3 Å². The number of hydrogen-bond acceptors (Lipinski definition) is 11. The first-order valence-corrected chi connectivity index (χ1v) is 13.9. The van der Waals surface area contributed by atoms with E-state index in [0.717, 1.165) is 12.8 Å². The van der Waals surface area contributed by atoms with Crippen molar-refractivity contribution in [2.45, 2.75) is 89.4 Å². The number of methoxy groups -OCH3 is 1. The van der Waals surface area contributed by atoms with Gasteiger partial charge in [0.2, 0.25) is 11.8 Å². The van der Waals surface area contributed by atoms with Crippen LogP contribution in [0.2, 0.25) is 0 Å². The van der Waals surface area contributed by atoms with Gasteiger partial charge in [0.25, 0.3) is 0 Å². The van der Waals surface area contributed by atoms with E-state index in [1.165, 1.54) is 14.0 Å². The number of aliphatic hydroxyl groups is 2. The van der Waals surface area contributed by atoms with E-state index in [9.17, 15) is 24.6 Å². The standard InChI is InChI=1S/C23H46IN7O6/c1-14(2)11-17(30-24)22(35)31-10-6-8-18(31)21(34)28-16(7-5-9-26-13-27-12-25)20(33)29-19(15(3)32)23(36)37-4/h14-19,22,26-27,30,32,35H,5-13,25H2,1-4H3,(H,28,34)(H,29,33)/t15?,16-,17-,18-,19-,22?/m0/s1. The van der Waals surface area contributed by atoms with Crippen molar-refractivity contribution in [2.24, 2.45) is 11.7 Å². The Morgan fingerprint density at radius 3 is 2.43 bits per heavy atom. The minimum absolute atomic E-state index is 0.215. The molecule has 1 heterocycles. The molecule has 0 aliphatic carbocycles. The monoisotopic (exact) mass is 643 g/mol. The Hall–Kier alpha value is -1.14. The molecule has 1 fully saturated rings. The Kier molecular flexibility index (Phi) is 16.7. The molecule has 2 amide bonds. The second kappa shape index (κ2) is 18.2. The molecule has 0 aromatic carbocycles. The minimum atomic E-state index is -1.26. The van der Waals surface area contributed by atoms with Crippen LogP contribution in [-0.2, 0) is 19.1 Å². The van der Waals surface area contributed by atoms with E-state index in [-0.39, 0.29) is 11.9 Å². The summed E-state index contributed by atoms with van der Waals surface area (Å²) in [4.78, 5) is 40.3. The lowest BCUT2D eigenvalue weighted by atomic mass is 10.0. The largest absolute Gasteiger partial charge is 0.467 e. The van der Waals surface area contributed by atoms with Crippen molar-refractivity contribution in [3.63, 3.8) is 0 Å². The van der Waals surface area contributed by atoms with E-state index in [1.54, 1.807) is 4.90 Å². The Balaban J connectivity index is 2.95. The summed E-state index contributed by atoms with van der Waals surface area (Å²) in [7, 11) is 1.17. The lowest BCUT2D eigenvalue weighted by Crippen LogP contribution is -2.58. The number of amides is 2. The maximum absolute atomic E-state index is 13.3. The molecule has 9 N–H and O–H groups in total. The molecule has 0 radical (unpaired) electrons. The lowest BCUT2D eigenvalue weighted by Gasteiger charge is -2.34. The summed E-state index contributed by atoms with van der Waals surface area (Å²) in [6.45, 7) is 7.47. The Labute approximate surface area is 233 Å². The summed E-state index contributed by atoms with van der Waals surface area (Å²) in [5, 5.41) is 32.4. The molecule has 1 rings (SSSR count). The van der Waals surface area contributed by atoms with Gasteiger partial charge in [0.05, 0.1) is 25.3 Å². The fraction of sp³-hybridized carbons (Fsp3) is 0.870. The topological polar surface area (TPSA) is 190 Å². The highest BCUT2D eigenvalue weighted by Crippen LogP contribution is 2.23. The smallest absolute Gasteiger partial charge is 0.331 e. The van der Waals surface area contributed by atoms with E-state index in [2.05, 4.69) is 43.4 Å². The van der Waals surface area contributed by atoms with E-state index in [4.69, 9.17) is 5.73 Å². The number of nitrogens with two attached hydrogens (primary N) is 1. The fourth-order valence-electron chi connectivity index (χ4n) is 4.32. The van der Waals surface area contributed by atoms with E-state index >= 15 is 0 Å². The van der Waals surface area contributed by atoms with Gasteiger partial charge in [-0.05, 0) is 51.5 Å². The number of rotatable bonds is 18. The number of hydrogen-bond donors (Lipinski definition) is 8. The fourth-order valence-corrected chi connectivity index (χ4v) is 4.90. The summed E-state index contributed by atoms with van der Waals surface area (Å²) >= 11 is 2.02. The molecule has 0 bridgehead atoms. The number of esters is 1. The summed E-state index contributed by atoms with van der Waals surface area (Å²) in [6, 6.07) is -3.02. The second-order valence-electron chi connectivity index (χ2n) is 9.74. The van der Waals surface area contributed by atoms with Crippen LogP contribution in [0.4, 0.5) is 0 Å². The first-order valence-electron chi connectivity index (χ1n) is 12.8. The molecular weight excluding hydrogens is 597 g/mol. The molecule has 0 saturated carbocycles. The molecule has 0 aromatic heterocycles. The van der Waals surface area contributed by atoms with Crippen LogP contribution >= 0.6 is 22.9 Å². The number of nitrogens with one attached hydrogen (secondary N) is 5. The second-order valence-corrected chi connectivity index (χ2v) is 10.4. The molecule has 0 aromatic rings. The molecule has 0 spiro atoms. The summed E-state index contributed by atoms with van der Waals surface area (Å²) in [5.74, 6) is -1.38. The highest BCUT2D eigenvalue weighted by atomic mass is 127. The van der Waals surface area contributed by atoms with Gasteiger partial charge in [-0.1, -0.05) is 13.8 Å². The molecule has 1 aliphatic rings. The van der Waals surface area contributed by atoms with Crippen LogP contribution in [0.15, 0.2) is 0 Å². The zero-order valence-corrected chi connectivity index (χ0v) is 24.5. The SMILES string of the molecule is COC(=O)[C@@H](NC(=O)[C@H](CCCNCNCN)NC(=O)[C@@H]1CCCN1C(O)[C@H](CC(C)C)NI)C(C)O. The van der Waals surface area contributed by atoms with Crippen LogP contribution < -0.4 is 30.5 Å². The number of carbonyl (C=O) groups excluding carboxylic acids is 3. The van der Waals surface area contributed by atoms with Crippen LogP contribution in [0.3, 0.4) is 0 Å². The maximum atomic E-state index is 13.3. The molecule has 14 heteroatoms. The quantitative estimate of drug-likeness (QED) is 0.0285. The molecule has 1 aliphatic heterocycles. The van der Waals surface area contributed by atoms with Crippen LogP contribution in [0.1, 0.15) is 52.9 Å². The van der Waals surface area contributed by atoms with Gasteiger partial charge in [-0.3, -0.25) is 23.3 Å². The predicted octanol–water partition coefficient (Wildman–Crippen LogP) is -1.52. The Bertz CT molecular complexity index is 702. The third-order valence-corrected chi connectivity index (χ3v) is 7.07. The summed E-state index contributed by atoms with van der Waals surface area (Å²) in [6.07, 6.45) is 0.832. The number of carbonyl (C=O) groups is 3. The predicted molar refractivity (Wildman–Crippen MR) is 148 cm³/mol. The molecule has 37 heavy (non-hydrogen) atoms. The third-order valence-electron chi connectivity index (χ3n) is 6.27. The summed E-state index contributed by atoms with van der Waals surface area (Å²) in [5.41, 5.74) is 5.40. The number of aliphatic hydroxyl groups excluding tert-OH is 2. The van der Waals surface area contributed by atoms with Crippen molar-refractivity contribution in [3.05, 3.63) is 0 Å². The molecular formula is C23H46IN7O6. The summed E-state index contributed by atoms with van der Waals surface area (Å²) < 4.78 is 7.81. The van der Waals surface area contributed by atoms with E-state index in [1.807, 2.05) is 22.9 Å². The van der Waals surface area contributed by atoms with Gasteiger partial charge in [0.15, 0.2) is 6.04 Å². The van der Waals surface area contributed by atoms with Crippen molar-refractivity contribution in [1.82, 2.24) is 29.7 Å². The van der Waals surface area contributed by atoms with Gasteiger partial charge in [-0.15, -0.1) is 0 Å². The van der Waals surface area contributed by atoms with Gasteiger partial charge in [0.1, 0.15) is 12.3 Å². The average Bonchev–Trinajstić information content (AvgIpc) is 3.35. The lowest BCUT2D eigenvalue weighted by molar-refractivity contribution is -0.148. The third kappa shape index (κ3) is 11.6. The number of ether oxygens (including phenoxy) is 1. The number of likely N-dealkylation sites (tertiary alicyclic amines) is 1. The van der Waals surface area contributed by atoms with Crippen LogP contribution in [0.5, 0.6) is 0 Å². The molecule has 6 atom stereocenters. The minimum Gasteiger partial charge on any atom is -0.467 e. The van der Waals surface area contributed by atoms with E-state index in [0.29, 0.717) is 51.6 Å². The van der Waals surface area contributed by atoms with Crippen LogP contribution in [0, 0.1) is 5.92 Å². The highest BCUT2D eigenvalue weighted by Gasteiger charge is 2.39. The van der Waals surface area contributed by atoms with Crippen molar-refractivity contribution in [1.29, 1.82) is 0 Å². The van der Waals surface area contributed by atoms with Gasteiger partial charge in [-0.25, -0.2) is 4.79 Å². The number of halogens is 1. The Morgan fingerprint density at radius 2 is 1.86 bits per heavy atom. The normalized spacial score (nSPS) is 20.2. The average molecular weight is 644 g/mol. The van der Waals surface area contributed by atoms with Gasteiger partial charge in [0, 0.05) is 42.7 Å². The van der Waals surface area contributed by atoms with Crippen molar-refractivity contribution >= 4 is 40.6 Å². The van der Waals surface area contributed by atoms with Gasteiger partial charge < -0.3 is 36.6 Å². The first-order chi connectivity index (χ1) is 17.6. The van der Waals surface area contributed by atoms with Crippen molar-refractivity contribution < 1.29 is 29.3 Å². The molecule has 216 valence electrons. The highest BCUT2D eigenvalue weighted by molar-refractivity contribution is 14.1. The zero-order chi connectivity index (χ0) is 28.0. The molecule has 2 unspecified atom stereocenters. The van der Waals surface area contributed by atoms with Crippen LogP contribution in [0.25, 0.3) is 0 Å². The molecule has 13 nitrogen and oxygen atoms in total. The van der Waals surface area contributed by atoms with Gasteiger partial charge in [-0.2, -0.15) is 0 Å². The maximum Gasteiger partial charge on any atom is 0.331 e. The van der Waals surface area contributed by atoms with Crippen LogP contribution in [-0.4, -0.2) is 103 Å². The Morgan fingerprint density at radius 1 is 1.16 bits per heavy atom. The van der Waals surface area contributed by atoms with Crippen molar-refractivity contribution in [2.75, 3.05) is 33.5 Å². The van der Waals surface area contributed by atoms with Crippen molar-refractivity contribution in [3.8, 4) is 0 Å².